The molecule has 0 aliphatic carbocycles. The van der Waals surface area contributed by atoms with E-state index in [1.54, 1.807) is 31.2 Å². The van der Waals surface area contributed by atoms with Crippen molar-refractivity contribution >= 4 is 39.2 Å². The van der Waals surface area contributed by atoms with E-state index < -0.39 is 28.5 Å². The number of aryl methyl sites for hydroxylation is 1. The van der Waals surface area contributed by atoms with Gasteiger partial charge in [0.1, 0.15) is 0 Å². The number of nitrogens with zero attached hydrogens (tertiary/aromatic N) is 1. The van der Waals surface area contributed by atoms with E-state index in [2.05, 4.69) is 10.6 Å². The van der Waals surface area contributed by atoms with E-state index in [4.69, 9.17) is 9.47 Å². The lowest BCUT2D eigenvalue weighted by Crippen LogP contribution is -2.40. The number of carbonyl (C=O) groups is 3. The van der Waals surface area contributed by atoms with E-state index in [1.807, 2.05) is 0 Å². The molecule has 2 N–H and O–H groups in total. The Hall–Kier alpha value is -3.28. The van der Waals surface area contributed by atoms with Gasteiger partial charge in [0.25, 0.3) is 5.91 Å². The third kappa shape index (κ3) is 6.37. The maximum atomic E-state index is 13.0. The van der Waals surface area contributed by atoms with E-state index >= 15 is 0 Å². The van der Waals surface area contributed by atoms with E-state index in [9.17, 15) is 22.8 Å². The summed E-state index contributed by atoms with van der Waals surface area (Å²) in [5.74, 6) is -1.59. The SMILES string of the molecule is CC(=O)Nc1ccc(NC(=O)COC(=O)c2ccc(C)c(S(=O)(=O)N3CCOCC3)c2)cc1. The van der Waals surface area contributed by atoms with Crippen LogP contribution in [-0.2, 0) is 29.1 Å². The number of carbonyl (C=O) groups excluding carboxylic acids is 3. The number of hydrogen-bond acceptors (Lipinski definition) is 7. The van der Waals surface area contributed by atoms with Crippen LogP contribution in [0, 0.1) is 6.92 Å². The fourth-order valence-electron chi connectivity index (χ4n) is 3.18. The van der Waals surface area contributed by atoms with Gasteiger partial charge < -0.3 is 20.1 Å². The molecule has 33 heavy (non-hydrogen) atoms. The summed E-state index contributed by atoms with van der Waals surface area (Å²) in [5.41, 5.74) is 1.56. The number of ether oxygens (including phenoxy) is 2. The molecule has 1 heterocycles. The molecular formula is C22H25N3O7S. The van der Waals surface area contributed by atoms with Gasteiger partial charge in [0.2, 0.25) is 15.9 Å². The van der Waals surface area contributed by atoms with Crippen LogP contribution in [0.2, 0.25) is 0 Å². The Labute approximate surface area is 191 Å². The quantitative estimate of drug-likeness (QED) is 0.584. The molecule has 0 bridgehead atoms. The third-order valence-corrected chi connectivity index (χ3v) is 6.88. The first-order valence-electron chi connectivity index (χ1n) is 10.2. The second kappa shape index (κ2) is 10.6. The van der Waals surface area contributed by atoms with E-state index in [0.717, 1.165) is 0 Å². The standard InChI is InChI=1S/C22H25N3O7S/c1-15-3-4-17(13-20(15)33(29,30)25-9-11-31-12-10-25)22(28)32-14-21(27)24-19-7-5-18(6-8-19)23-16(2)26/h3-8,13H,9-12,14H2,1-2H3,(H,23,26)(H,24,27). The van der Waals surface area contributed by atoms with Gasteiger partial charge in [0, 0.05) is 31.4 Å². The Morgan fingerprint density at radius 1 is 1.00 bits per heavy atom. The first-order chi connectivity index (χ1) is 15.7. The molecule has 1 fully saturated rings. The Morgan fingerprint density at radius 2 is 1.61 bits per heavy atom. The lowest BCUT2D eigenvalue weighted by molar-refractivity contribution is -0.119. The summed E-state index contributed by atoms with van der Waals surface area (Å²) in [6, 6.07) is 10.7. The van der Waals surface area contributed by atoms with Crippen molar-refractivity contribution in [3.05, 3.63) is 53.6 Å². The molecule has 2 amide bonds. The molecule has 0 aromatic heterocycles. The van der Waals surface area contributed by atoms with Crippen molar-refractivity contribution in [2.75, 3.05) is 43.5 Å². The Bertz CT molecular complexity index is 1140. The van der Waals surface area contributed by atoms with Crippen LogP contribution in [0.1, 0.15) is 22.8 Å². The van der Waals surface area contributed by atoms with Crippen molar-refractivity contribution in [3.63, 3.8) is 0 Å². The molecule has 0 unspecified atom stereocenters. The van der Waals surface area contributed by atoms with Gasteiger partial charge in [0.05, 0.1) is 23.7 Å². The van der Waals surface area contributed by atoms with E-state index in [0.29, 0.717) is 30.2 Å². The highest BCUT2D eigenvalue weighted by molar-refractivity contribution is 7.89. The van der Waals surface area contributed by atoms with E-state index in [-0.39, 0.29) is 29.5 Å². The van der Waals surface area contributed by atoms with Gasteiger partial charge in [-0.05, 0) is 48.9 Å². The van der Waals surface area contributed by atoms with Gasteiger partial charge in [-0.15, -0.1) is 0 Å². The summed E-state index contributed by atoms with van der Waals surface area (Å²) >= 11 is 0. The Kier molecular flexibility index (Phi) is 7.79. The molecule has 11 heteroatoms. The molecule has 2 aromatic rings. The number of sulfonamides is 1. The van der Waals surface area contributed by atoms with Crippen LogP contribution < -0.4 is 10.6 Å². The van der Waals surface area contributed by atoms with Crippen LogP contribution in [0.4, 0.5) is 11.4 Å². The molecule has 176 valence electrons. The first-order valence-corrected chi connectivity index (χ1v) is 11.6. The second-order valence-corrected chi connectivity index (χ2v) is 9.29. The maximum Gasteiger partial charge on any atom is 0.338 e. The zero-order valence-electron chi connectivity index (χ0n) is 18.3. The average Bonchev–Trinajstić information content (AvgIpc) is 2.79. The largest absolute Gasteiger partial charge is 0.452 e. The Balaban J connectivity index is 1.61. The summed E-state index contributed by atoms with van der Waals surface area (Å²) in [4.78, 5) is 35.6. The highest BCUT2D eigenvalue weighted by Crippen LogP contribution is 2.23. The van der Waals surface area contributed by atoms with Crippen LogP contribution in [0.3, 0.4) is 0 Å². The fraction of sp³-hybridized carbons (Fsp3) is 0.318. The lowest BCUT2D eigenvalue weighted by Gasteiger charge is -2.26. The number of hydrogen-bond donors (Lipinski definition) is 2. The molecule has 1 aliphatic heterocycles. The monoisotopic (exact) mass is 475 g/mol. The highest BCUT2D eigenvalue weighted by atomic mass is 32.2. The normalized spacial score (nSPS) is 14.4. The fourth-order valence-corrected chi connectivity index (χ4v) is 4.84. The minimum absolute atomic E-state index is 0.0163. The predicted molar refractivity (Wildman–Crippen MR) is 120 cm³/mol. The zero-order valence-corrected chi connectivity index (χ0v) is 19.1. The van der Waals surface area contributed by atoms with Gasteiger partial charge in [-0.3, -0.25) is 9.59 Å². The molecular weight excluding hydrogens is 450 g/mol. The average molecular weight is 476 g/mol. The van der Waals surface area contributed by atoms with Crippen molar-refractivity contribution in [3.8, 4) is 0 Å². The van der Waals surface area contributed by atoms with Gasteiger partial charge in [-0.25, -0.2) is 13.2 Å². The van der Waals surface area contributed by atoms with Gasteiger partial charge in [-0.2, -0.15) is 4.31 Å². The number of anilines is 2. The van der Waals surface area contributed by atoms with Gasteiger partial charge in [0.15, 0.2) is 6.61 Å². The van der Waals surface area contributed by atoms with Crippen LogP contribution >= 0.6 is 0 Å². The number of esters is 1. The lowest BCUT2D eigenvalue weighted by atomic mass is 10.1. The summed E-state index contributed by atoms with van der Waals surface area (Å²) < 4.78 is 37.5. The number of morpholine rings is 1. The summed E-state index contributed by atoms with van der Waals surface area (Å²) in [5, 5.41) is 5.18. The molecule has 0 radical (unpaired) electrons. The molecule has 1 aliphatic rings. The number of amides is 2. The zero-order chi connectivity index (χ0) is 24.0. The highest BCUT2D eigenvalue weighted by Gasteiger charge is 2.28. The molecule has 0 atom stereocenters. The molecule has 10 nitrogen and oxygen atoms in total. The molecule has 3 rings (SSSR count). The van der Waals surface area contributed by atoms with Crippen LogP contribution in [0.25, 0.3) is 0 Å². The Morgan fingerprint density at radius 3 is 2.21 bits per heavy atom. The van der Waals surface area contributed by atoms with Crippen molar-refractivity contribution in [2.24, 2.45) is 0 Å². The predicted octanol–water partition coefficient (Wildman–Crippen LogP) is 1.77. The van der Waals surface area contributed by atoms with Crippen LogP contribution in [-0.4, -0.2) is 63.4 Å². The van der Waals surface area contributed by atoms with Crippen LogP contribution in [0.15, 0.2) is 47.4 Å². The summed E-state index contributed by atoms with van der Waals surface area (Å²) in [6.45, 7) is 3.58. The molecule has 0 saturated carbocycles. The molecule has 0 spiro atoms. The first kappa shape index (κ1) is 24.4. The topological polar surface area (TPSA) is 131 Å². The number of nitrogens with one attached hydrogen (secondary N) is 2. The van der Waals surface area contributed by atoms with Gasteiger partial charge in [-0.1, -0.05) is 6.07 Å². The minimum atomic E-state index is -3.79. The number of rotatable bonds is 7. The van der Waals surface area contributed by atoms with Crippen molar-refractivity contribution in [1.29, 1.82) is 0 Å². The molecule has 2 aromatic carbocycles. The smallest absolute Gasteiger partial charge is 0.338 e. The summed E-state index contributed by atoms with van der Waals surface area (Å²) in [6.07, 6.45) is 0. The summed E-state index contributed by atoms with van der Waals surface area (Å²) in [7, 11) is -3.79. The third-order valence-electron chi connectivity index (χ3n) is 4.84. The minimum Gasteiger partial charge on any atom is -0.452 e. The van der Waals surface area contributed by atoms with Crippen LogP contribution in [0.5, 0.6) is 0 Å². The molecule has 1 saturated heterocycles. The van der Waals surface area contributed by atoms with Gasteiger partial charge >= 0.3 is 5.97 Å². The van der Waals surface area contributed by atoms with Crippen molar-refractivity contribution < 1.29 is 32.3 Å². The second-order valence-electron chi connectivity index (χ2n) is 7.38. The van der Waals surface area contributed by atoms with Crippen molar-refractivity contribution in [2.45, 2.75) is 18.7 Å². The maximum absolute atomic E-state index is 13.0. The van der Waals surface area contributed by atoms with Crippen molar-refractivity contribution in [1.82, 2.24) is 4.31 Å². The van der Waals surface area contributed by atoms with E-state index in [1.165, 1.54) is 29.4 Å². The number of benzene rings is 2.